The van der Waals surface area contributed by atoms with Gasteiger partial charge in [0.25, 0.3) is 11.1 Å². The number of alkyl halides is 3. The first-order valence-electron chi connectivity index (χ1n) is 11.3. The molecule has 1 saturated heterocycles. The molecule has 3 amide bonds. The average Bonchev–Trinajstić information content (AvgIpc) is 3.15. The van der Waals surface area contributed by atoms with Crippen molar-refractivity contribution in [2.24, 2.45) is 0 Å². The molecule has 1 heterocycles. The monoisotopic (exact) mass is 576 g/mol. The van der Waals surface area contributed by atoms with E-state index < -0.39 is 35.3 Å². The van der Waals surface area contributed by atoms with E-state index in [1.807, 2.05) is 18.2 Å². The van der Waals surface area contributed by atoms with Crippen molar-refractivity contribution in [3.63, 3.8) is 0 Å². The first kappa shape index (κ1) is 28.1. The standard InChI is InChI=1S/C27H20ClF3N2O5S/c1-37-22-11-16(9-10-21(22)38-15-17-5-2-3-8-20(17)28)12-23-25(35)33(26(36)39-23)14-24(34)32-19-7-4-6-18(13-19)27(29,30)31/h2-13H,14-15H2,1H3,(H,32,34)/b23-12-. The highest BCUT2D eigenvalue weighted by atomic mass is 35.5. The lowest BCUT2D eigenvalue weighted by atomic mass is 10.1. The number of hydrogen-bond acceptors (Lipinski definition) is 6. The molecule has 0 saturated carbocycles. The average molecular weight is 577 g/mol. The maximum Gasteiger partial charge on any atom is 0.416 e. The molecule has 0 spiro atoms. The van der Waals surface area contributed by atoms with Gasteiger partial charge in [-0.2, -0.15) is 13.2 Å². The Morgan fingerprint density at radius 1 is 1.05 bits per heavy atom. The van der Waals surface area contributed by atoms with Gasteiger partial charge in [0.05, 0.1) is 17.6 Å². The van der Waals surface area contributed by atoms with Crippen molar-refractivity contribution in [1.82, 2.24) is 4.90 Å². The highest BCUT2D eigenvalue weighted by Crippen LogP contribution is 2.35. The molecule has 202 valence electrons. The largest absolute Gasteiger partial charge is 0.493 e. The Morgan fingerprint density at radius 2 is 1.82 bits per heavy atom. The number of halogens is 4. The maximum absolute atomic E-state index is 12.9. The summed E-state index contributed by atoms with van der Waals surface area (Å²) >= 11 is 6.81. The number of rotatable bonds is 8. The Kier molecular flexibility index (Phi) is 8.51. The molecule has 0 atom stereocenters. The van der Waals surface area contributed by atoms with E-state index in [-0.39, 0.29) is 17.2 Å². The van der Waals surface area contributed by atoms with Gasteiger partial charge in [0.15, 0.2) is 11.5 Å². The van der Waals surface area contributed by atoms with Crippen LogP contribution < -0.4 is 14.8 Å². The predicted octanol–water partition coefficient (Wildman–Crippen LogP) is 6.62. The number of carbonyl (C=O) groups is 3. The fraction of sp³-hybridized carbons (Fsp3) is 0.148. The van der Waals surface area contributed by atoms with Crippen LogP contribution in [0.15, 0.2) is 71.6 Å². The molecule has 1 aliphatic heterocycles. The molecule has 1 N–H and O–H groups in total. The number of anilines is 1. The van der Waals surface area contributed by atoms with E-state index in [9.17, 15) is 27.6 Å². The van der Waals surface area contributed by atoms with E-state index in [4.69, 9.17) is 21.1 Å². The van der Waals surface area contributed by atoms with Gasteiger partial charge in [0, 0.05) is 16.3 Å². The Morgan fingerprint density at radius 3 is 2.54 bits per heavy atom. The van der Waals surface area contributed by atoms with Crippen molar-refractivity contribution in [3.8, 4) is 11.5 Å². The summed E-state index contributed by atoms with van der Waals surface area (Å²) in [5.41, 5.74) is 0.276. The number of thioether (sulfide) groups is 1. The molecule has 0 aliphatic carbocycles. The van der Waals surface area contributed by atoms with Crippen molar-refractivity contribution in [2.45, 2.75) is 12.8 Å². The minimum Gasteiger partial charge on any atom is -0.493 e. The summed E-state index contributed by atoms with van der Waals surface area (Å²) in [6, 6.07) is 16.2. The molecule has 7 nitrogen and oxygen atoms in total. The zero-order valence-corrected chi connectivity index (χ0v) is 21.8. The van der Waals surface area contributed by atoms with Crippen LogP contribution in [-0.2, 0) is 22.4 Å². The first-order valence-corrected chi connectivity index (χ1v) is 12.5. The Labute approximate surface area is 230 Å². The minimum absolute atomic E-state index is 0.0682. The van der Waals surface area contributed by atoms with E-state index in [2.05, 4.69) is 5.32 Å². The van der Waals surface area contributed by atoms with E-state index >= 15 is 0 Å². The van der Waals surface area contributed by atoms with E-state index in [0.717, 1.165) is 28.7 Å². The molecule has 3 aromatic rings. The summed E-state index contributed by atoms with van der Waals surface area (Å²) in [5, 5.41) is 2.16. The third-order valence-corrected chi connectivity index (χ3v) is 6.75. The van der Waals surface area contributed by atoms with Gasteiger partial charge in [-0.1, -0.05) is 41.9 Å². The summed E-state index contributed by atoms with van der Waals surface area (Å²) in [7, 11) is 1.46. The molecular weight excluding hydrogens is 557 g/mol. The molecule has 1 aliphatic rings. The van der Waals surface area contributed by atoms with Crippen LogP contribution in [0.4, 0.5) is 23.7 Å². The minimum atomic E-state index is -4.58. The number of carbonyl (C=O) groups excluding carboxylic acids is 3. The van der Waals surface area contributed by atoms with Crippen molar-refractivity contribution >= 4 is 52.2 Å². The zero-order chi connectivity index (χ0) is 28.2. The van der Waals surface area contributed by atoms with Gasteiger partial charge in [0.2, 0.25) is 5.91 Å². The molecule has 0 bridgehead atoms. The number of methoxy groups -OCH3 is 1. The second-order valence-corrected chi connectivity index (χ2v) is 9.59. The smallest absolute Gasteiger partial charge is 0.416 e. The molecule has 0 unspecified atom stereocenters. The van der Waals surface area contributed by atoms with Gasteiger partial charge in [-0.3, -0.25) is 19.3 Å². The molecule has 4 rings (SSSR count). The quantitative estimate of drug-likeness (QED) is 0.303. The zero-order valence-electron chi connectivity index (χ0n) is 20.3. The summed E-state index contributed by atoms with van der Waals surface area (Å²) in [5.74, 6) is -0.703. The van der Waals surface area contributed by atoms with E-state index in [1.165, 1.54) is 19.3 Å². The van der Waals surface area contributed by atoms with E-state index in [0.29, 0.717) is 33.8 Å². The molecule has 12 heteroatoms. The number of benzene rings is 3. The van der Waals surface area contributed by atoms with Gasteiger partial charge >= 0.3 is 6.18 Å². The van der Waals surface area contributed by atoms with Crippen molar-refractivity contribution in [2.75, 3.05) is 19.0 Å². The fourth-order valence-electron chi connectivity index (χ4n) is 3.57. The fourth-order valence-corrected chi connectivity index (χ4v) is 4.60. The van der Waals surface area contributed by atoms with Crippen LogP contribution in [0.2, 0.25) is 5.02 Å². The molecule has 0 radical (unpaired) electrons. The highest BCUT2D eigenvalue weighted by molar-refractivity contribution is 8.18. The van der Waals surface area contributed by atoms with Crippen LogP contribution in [-0.4, -0.2) is 35.6 Å². The highest BCUT2D eigenvalue weighted by Gasteiger charge is 2.36. The summed E-state index contributed by atoms with van der Waals surface area (Å²) in [4.78, 5) is 38.4. The lowest BCUT2D eigenvalue weighted by Crippen LogP contribution is -2.36. The van der Waals surface area contributed by atoms with Crippen molar-refractivity contribution in [1.29, 1.82) is 0 Å². The maximum atomic E-state index is 12.9. The third-order valence-electron chi connectivity index (χ3n) is 5.48. The van der Waals surface area contributed by atoms with E-state index in [1.54, 1.807) is 24.3 Å². The first-order chi connectivity index (χ1) is 18.5. The van der Waals surface area contributed by atoms with Crippen molar-refractivity contribution in [3.05, 3.63) is 93.3 Å². The van der Waals surface area contributed by atoms with Crippen LogP contribution in [0.5, 0.6) is 11.5 Å². The number of hydrogen-bond donors (Lipinski definition) is 1. The Balaban J connectivity index is 1.42. The normalized spacial score (nSPS) is 14.6. The van der Waals surface area contributed by atoms with Gasteiger partial charge < -0.3 is 14.8 Å². The van der Waals surface area contributed by atoms with Crippen LogP contribution >= 0.6 is 23.4 Å². The van der Waals surface area contributed by atoms with Gasteiger partial charge in [-0.25, -0.2) is 0 Å². The van der Waals surface area contributed by atoms with Crippen LogP contribution in [0.1, 0.15) is 16.7 Å². The summed E-state index contributed by atoms with van der Waals surface area (Å²) in [6.45, 7) is -0.451. The summed E-state index contributed by atoms with van der Waals surface area (Å²) in [6.07, 6.45) is -3.11. The number of amides is 3. The molecule has 39 heavy (non-hydrogen) atoms. The lowest BCUT2D eigenvalue weighted by molar-refractivity contribution is -0.137. The number of nitrogens with one attached hydrogen (secondary N) is 1. The molecule has 0 aromatic heterocycles. The van der Waals surface area contributed by atoms with Crippen molar-refractivity contribution < 1.29 is 37.0 Å². The van der Waals surface area contributed by atoms with Gasteiger partial charge in [0.1, 0.15) is 13.2 Å². The number of imide groups is 1. The second-order valence-electron chi connectivity index (χ2n) is 8.18. The predicted molar refractivity (Wildman–Crippen MR) is 142 cm³/mol. The summed E-state index contributed by atoms with van der Waals surface area (Å²) < 4.78 is 50.0. The van der Waals surface area contributed by atoms with Gasteiger partial charge in [-0.05, 0) is 59.8 Å². The second kappa shape index (κ2) is 11.8. The third kappa shape index (κ3) is 6.92. The Hall–Kier alpha value is -3.96. The topological polar surface area (TPSA) is 84.9 Å². The lowest BCUT2D eigenvalue weighted by Gasteiger charge is -2.13. The number of ether oxygens (including phenoxy) is 2. The number of nitrogens with zero attached hydrogens (tertiary/aromatic N) is 1. The van der Waals surface area contributed by atoms with Gasteiger partial charge in [-0.15, -0.1) is 0 Å². The molecule has 3 aromatic carbocycles. The SMILES string of the molecule is COc1cc(/C=C2\SC(=O)N(CC(=O)Nc3cccc(C(F)(F)F)c3)C2=O)ccc1OCc1ccccc1Cl. The van der Waals surface area contributed by atoms with Crippen LogP contribution in [0.3, 0.4) is 0 Å². The Bertz CT molecular complexity index is 1460. The molecule has 1 fully saturated rings. The molecular formula is C27H20ClF3N2O5S. The van der Waals surface area contributed by atoms with Crippen LogP contribution in [0, 0.1) is 0 Å². The van der Waals surface area contributed by atoms with Crippen LogP contribution in [0.25, 0.3) is 6.08 Å².